The summed E-state index contributed by atoms with van der Waals surface area (Å²) in [5.74, 6) is 0.893. The molecule has 0 aliphatic rings. The Morgan fingerprint density at radius 3 is 2.88 bits per heavy atom. The molecular weight excluding hydrogens is 240 g/mol. The second-order valence-electron chi connectivity index (χ2n) is 3.64. The average Bonchev–Trinajstić information content (AvgIpc) is 2.67. The number of carbonyl (C=O) groups excluding carboxylic acids is 1. The number of hydrogen-bond acceptors (Lipinski definition) is 3. The number of aryl methyl sites for hydroxylation is 1. The van der Waals surface area contributed by atoms with Crippen LogP contribution in [0.5, 0.6) is 0 Å². The first-order chi connectivity index (χ1) is 8.15. The van der Waals surface area contributed by atoms with E-state index in [1.54, 1.807) is 19.1 Å². The Labute approximate surface area is 104 Å². The van der Waals surface area contributed by atoms with E-state index in [9.17, 15) is 4.79 Å². The average molecular weight is 251 g/mol. The maximum absolute atomic E-state index is 11.7. The minimum Gasteiger partial charge on any atom is -0.360 e. The molecule has 88 valence electrons. The van der Waals surface area contributed by atoms with Crippen molar-refractivity contribution in [2.45, 2.75) is 13.3 Å². The van der Waals surface area contributed by atoms with Gasteiger partial charge in [-0.05, 0) is 18.6 Å². The third kappa shape index (κ3) is 3.07. The molecule has 0 saturated carbocycles. The summed E-state index contributed by atoms with van der Waals surface area (Å²) in [4.78, 5) is 11.7. The Hall–Kier alpha value is -1.81. The van der Waals surface area contributed by atoms with Crippen LogP contribution in [0.4, 0.5) is 5.82 Å². The summed E-state index contributed by atoms with van der Waals surface area (Å²) >= 11 is 5.96. The van der Waals surface area contributed by atoms with Gasteiger partial charge in [0.25, 0.3) is 0 Å². The summed E-state index contributed by atoms with van der Waals surface area (Å²) in [6.07, 6.45) is 0.214. The van der Waals surface area contributed by atoms with Crippen molar-refractivity contribution in [2.75, 3.05) is 5.32 Å². The van der Waals surface area contributed by atoms with E-state index in [4.69, 9.17) is 16.1 Å². The highest BCUT2D eigenvalue weighted by Crippen LogP contribution is 2.16. The van der Waals surface area contributed by atoms with E-state index in [0.717, 1.165) is 5.56 Å². The lowest BCUT2D eigenvalue weighted by atomic mass is 10.1. The molecule has 0 atom stereocenters. The van der Waals surface area contributed by atoms with Crippen LogP contribution in [-0.4, -0.2) is 11.1 Å². The third-order valence-corrected chi connectivity index (χ3v) is 2.57. The molecule has 0 aliphatic heterocycles. The highest BCUT2D eigenvalue weighted by atomic mass is 35.5. The molecule has 0 aliphatic carbocycles. The molecule has 17 heavy (non-hydrogen) atoms. The van der Waals surface area contributed by atoms with E-state index in [0.29, 0.717) is 16.6 Å². The first-order valence-electron chi connectivity index (χ1n) is 5.12. The van der Waals surface area contributed by atoms with Crippen LogP contribution in [0.25, 0.3) is 0 Å². The molecule has 1 aromatic carbocycles. The smallest absolute Gasteiger partial charge is 0.230 e. The van der Waals surface area contributed by atoms with Crippen molar-refractivity contribution in [3.8, 4) is 0 Å². The molecular formula is C12H11ClN2O2. The Kier molecular flexibility index (Phi) is 3.44. The van der Waals surface area contributed by atoms with Crippen molar-refractivity contribution in [3.05, 3.63) is 46.7 Å². The molecule has 0 fully saturated rings. The minimum atomic E-state index is -0.175. The molecule has 0 spiro atoms. The summed E-state index contributed by atoms with van der Waals surface area (Å²) in [6.45, 7) is 1.76. The van der Waals surface area contributed by atoms with Crippen molar-refractivity contribution >= 4 is 23.3 Å². The van der Waals surface area contributed by atoms with Crippen LogP contribution < -0.4 is 5.32 Å². The largest absolute Gasteiger partial charge is 0.360 e. The van der Waals surface area contributed by atoms with Crippen molar-refractivity contribution < 1.29 is 9.32 Å². The van der Waals surface area contributed by atoms with Gasteiger partial charge < -0.3 is 9.84 Å². The molecule has 0 saturated heterocycles. The van der Waals surface area contributed by atoms with E-state index in [1.807, 2.05) is 18.2 Å². The minimum absolute atomic E-state index is 0.175. The van der Waals surface area contributed by atoms with Gasteiger partial charge in [0, 0.05) is 11.1 Å². The number of benzene rings is 1. The van der Waals surface area contributed by atoms with Crippen LogP contribution in [0.15, 0.2) is 34.9 Å². The monoisotopic (exact) mass is 250 g/mol. The van der Waals surface area contributed by atoms with E-state index in [1.165, 1.54) is 0 Å². The lowest BCUT2D eigenvalue weighted by Gasteiger charge is -2.03. The van der Waals surface area contributed by atoms with E-state index in [2.05, 4.69) is 10.5 Å². The Bertz CT molecular complexity index is 537. The fraction of sp³-hybridized carbons (Fsp3) is 0.167. The SMILES string of the molecule is Cc1cc(NC(=O)Cc2ccccc2Cl)no1. The van der Waals surface area contributed by atoms with Gasteiger partial charge in [0.15, 0.2) is 5.82 Å². The number of amides is 1. The van der Waals surface area contributed by atoms with Crippen LogP contribution in [0, 0.1) is 6.92 Å². The van der Waals surface area contributed by atoms with Crippen molar-refractivity contribution in [2.24, 2.45) is 0 Å². The summed E-state index contributed by atoms with van der Waals surface area (Å²) in [5, 5.41) is 6.90. The number of hydrogen-bond donors (Lipinski definition) is 1. The molecule has 0 bridgehead atoms. The predicted molar refractivity (Wildman–Crippen MR) is 65.0 cm³/mol. The van der Waals surface area contributed by atoms with Crippen molar-refractivity contribution in [3.63, 3.8) is 0 Å². The Balaban J connectivity index is 2.01. The number of halogens is 1. The molecule has 1 heterocycles. The number of nitrogens with zero attached hydrogens (tertiary/aromatic N) is 1. The molecule has 1 aromatic heterocycles. The van der Waals surface area contributed by atoms with Gasteiger partial charge in [0.1, 0.15) is 5.76 Å². The number of nitrogens with one attached hydrogen (secondary N) is 1. The van der Waals surface area contributed by atoms with Gasteiger partial charge in [-0.2, -0.15) is 0 Å². The van der Waals surface area contributed by atoms with Gasteiger partial charge in [0.05, 0.1) is 6.42 Å². The number of carbonyl (C=O) groups is 1. The van der Waals surface area contributed by atoms with Gasteiger partial charge in [-0.1, -0.05) is 35.0 Å². The van der Waals surface area contributed by atoms with Crippen LogP contribution in [-0.2, 0) is 11.2 Å². The van der Waals surface area contributed by atoms with Crippen LogP contribution >= 0.6 is 11.6 Å². The first kappa shape index (κ1) is 11.7. The maximum atomic E-state index is 11.7. The lowest BCUT2D eigenvalue weighted by Crippen LogP contribution is -2.14. The molecule has 0 unspecified atom stereocenters. The quantitative estimate of drug-likeness (QED) is 0.911. The number of rotatable bonds is 3. The van der Waals surface area contributed by atoms with Gasteiger partial charge in [-0.15, -0.1) is 0 Å². The molecule has 2 rings (SSSR count). The zero-order valence-corrected chi connectivity index (χ0v) is 9.99. The van der Waals surface area contributed by atoms with Crippen molar-refractivity contribution in [1.82, 2.24) is 5.16 Å². The van der Waals surface area contributed by atoms with E-state index >= 15 is 0 Å². The van der Waals surface area contributed by atoms with Gasteiger partial charge >= 0.3 is 0 Å². The van der Waals surface area contributed by atoms with E-state index < -0.39 is 0 Å². The molecule has 5 heteroatoms. The molecule has 2 aromatic rings. The highest BCUT2D eigenvalue weighted by molar-refractivity contribution is 6.31. The number of aromatic nitrogens is 1. The summed E-state index contributed by atoms with van der Waals surface area (Å²) < 4.78 is 4.85. The lowest BCUT2D eigenvalue weighted by molar-refractivity contribution is -0.115. The van der Waals surface area contributed by atoms with Gasteiger partial charge in [-0.3, -0.25) is 4.79 Å². The normalized spacial score (nSPS) is 10.2. The summed E-state index contributed by atoms with van der Waals surface area (Å²) in [5.41, 5.74) is 0.784. The topological polar surface area (TPSA) is 55.1 Å². The zero-order chi connectivity index (χ0) is 12.3. The molecule has 1 N–H and O–H groups in total. The second-order valence-corrected chi connectivity index (χ2v) is 4.05. The van der Waals surface area contributed by atoms with Gasteiger partial charge in [0.2, 0.25) is 5.91 Å². The Morgan fingerprint density at radius 2 is 2.24 bits per heavy atom. The van der Waals surface area contributed by atoms with Crippen molar-refractivity contribution in [1.29, 1.82) is 0 Å². The summed E-state index contributed by atoms with van der Waals surface area (Å²) in [7, 11) is 0. The molecule has 4 nitrogen and oxygen atoms in total. The first-order valence-corrected chi connectivity index (χ1v) is 5.49. The fourth-order valence-electron chi connectivity index (χ4n) is 1.43. The van der Waals surface area contributed by atoms with E-state index in [-0.39, 0.29) is 12.3 Å². The zero-order valence-electron chi connectivity index (χ0n) is 9.24. The molecule has 0 radical (unpaired) electrons. The standard InChI is InChI=1S/C12H11ClN2O2/c1-8-6-11(15-17-8)14-12(16)7-9-4-2-3-5-10(9)13/h2-6H,7H2,1H3,(H,14,15,16). The summed E-state index contributed by atoms with van der Waals surface area (Å²) in [6, 6.07) is 8.89. The van der Waals surface area contributed by atoms with Crippen LogP contribution in [0.1, 0.15) is 11.3 Å². The predicted octanol–water partition coefficient (Wildman–Crippen LogP) is 2.82. The fourth-order valence-corrected chi connectivity index (χ4v) is 1.63. The third-order valence-electron chi connectivity index (χ3n) is 2.20. The van der Waals surface area contributed by atoms with Crippen LogP contribution in [0.3, 0.4) is 0 Å². The molecule has 1 amide bonds. The van der Waals surface area contributed by atoms with Crippen LogP contribution in [0.2, 0.25) is 5.02 Å². The Morgan fingerprint density at radius 1 is 1.47 bits per heavy atom. The number of anilines is 1. The maximum Gasteiger partial charge on any atom is 0.230 e. The highest BCUT2D eigenvalue weighted by Gasteiger charge is 2.08. The second kappa shape index (κ2) is 5.01. The van der Waals surface area contributed by atoms with Gasteiger partial charge in [-0.25, -0.2) is 0 Å².